The Morgan fingerprint density at radius 1 is 0.838 bits per heavy atom. The van der Waals surface area contributed by atoms with Crippen LogP contribution in [0.25, 0.3) is 22.4 Å². The number of hydrogen-bond donors (Lipinski definition) is 0. The van der Waals surface area contributed by atoms with E-state index in [2.05, 4.69) is 41.0 Å². The van der Waals surface area contributed by atoms with Crippen molar-refractivity contribution in [3.8, 4) is 33.9 Å². The van der Waals surface area contributed by atoms with Crippen LogP contribution in [0.4, 0.5) is 11.4 Å². The van der Waals surface area contributed by atoms with E-state index >= 15 is 0 Å². The van der Waals surface area contributed by atoms with Crippen molar-refractivity contribution in [3.05, 3.63) is 123 Å². The van der Waals surface area contributed by atoms with Crippen LogP contribution in [-0.4, -0.2) is 16.3 Å². The van der Waals surface area contributed by atoms with Crippen LogP contribution in [0.2, 0.25) is 0 Å². The van der Waals surface area contributed by atoms with Crippen molar-refractivity contribution in [2.45, 2.75) is 6.54 Å². The Morgan fingerprint density at radius 2 is 1.54 bits per heavy atom. The molecule has 0 saturated carbocycles. The van der Waals surface area contributed by atoms with E-state index in [1.807, 2.05) is 41.8 Å². The standard InChI is InChI=1S/C29H21N3O4S/c33-32(34)25-9-5-4-8-24(25)30-29-31(17-20-10-15-27-28(16-20)36-19-35-27)26(18-37-29)23-13-11-22(12-14-23)21-6-2-1-3-7-21/h1-16,18H,17,19H2. The van der Waals surface area contributed by atoms with Crippen LogP contribution in [0.1, 0.15) is 5.56 Å². The number of fused-ring (bicyclic) bond motifs is 1. The molecule has 7 nitrogen and oxygen atoms in total. The molecule has 0 radical (unpaired) electrons. The minimum Gasteiger partial charge on any atom is -0.454 e. The Balaban J connectivity index is 1.45. The van der Waals surface area contributed by atoms with Crippen LogP contribution in [0.3, 0.4) is 0 Å². The SMILES string of the molecule is O=[N+]([O-])c1ccccc1N=c1scc(-c2ccc(-c3ccccc3)cc2)n1Cc1ccc2c(c1)OCO2. The summed E-state index contributed by atoms with van der Waals surface area (Å²) < 4.78 is 13.1. The normalized spacial score (nSPS) is 12.6. The molecule has 0 saturated heterocycles. The summed E-state index contributed by atoms with van der Waals surface area (Å²) in [5.74, 6) is 1.43. The van der Waals surface area contributed by atoms with Gasteiger partial charge >= 0.3 is 0 Å². The number of nitro benzene ring substituents is 1. The number of thiazole rings is 1. The quantitative estimate of drug-likeness (QED) is 0.187. The average Bonchev–Trinajstić information content (AvgIpc) is 3.56. The maximum absolute atomic E-state index is 11.6. The lowest BCUT2D eigenvalue weighted by Gasteiger charge is -2.11. The molecular formula is C29H21N3O4S. The maximum Gasteiger partial charge on any atom is 0.294 e. The van der Waals surface area contributed by atoms with E-state index in [4.69, 9.17) is 14.5 Å². The van der Waals surface area contributed by atoms with Crippen molar-refractivity contribution in [1.82, 2.24) is 4.57 Å². The molecule has 0 unspecified atom stereocenters. The Morgan fingerprint density at radius 3 is 2.35 bits per heavy atom. The van der Waals surface area contributed by atoms with E-state index in [-0.39, 0.29) is 12.5 Å². The predicted molar refractivity (Wildman–Crippen MR) is 143 cm³/mol. The number of ether oxygens (including phenoxy) is 2. The van der Waals surface area contributed by atoms with Crippen LogP contribution in [0.5, 0.6) is 11.5 Å². The third-order valence-corrected chi connectivity index (χ3v) is 7.02. The number of nitro groups is 1. The summed E-state index contributed by atoms with van der Waals surface area (Å²) in [5, 5.41) is 13.6. The fraction of sp³-hybridized carbons (Fsp3) is 0.0690. The molecule has 0 atom stereocenters. The van der Waals surface area contributed by atoms with Crippen LogP contribution in [-0.2, 0) is 6.54 Å². The summed E-state index contributed by atoms with van der Waals surface area (Å²) in [7, 11) is 0. The number of aromatic nitrogens is 1. The molecule has 0 spiro atoms. The topological polar surface area (TPSA) is 78.9 Å². The highest BCUT2D eigenvalue weighted by molar-refractivity contribution is 7.07. The number of benzene rings is 4. The van der Waals surface area contributed by atoms with Gasteiger partial charge in [0.25, 0.3) is 5.69 Å². The zero-order valence-corrected chi connectivity index (χ0v) is 20.4. The smallest absolute Gasteiger partial charge is 0.294 e. The summed E-state index contributed by atoms with van der Waals surface area (Å²) in [5.41, 5.74) is 5.58. The summed E-state index contributed by atoms with van der Waals surface area (Å²) in [4.78, 5) is 16.6. The summed E-state index contributed by atoms with van der Waals surface area (Å²) in [6, 6.07) is 31.0. The van der Waals surface area contributed by atoms with Gasteiger partial charge in [-0.3, -0.25) is 10.1 Å². The first kappa shape index (κ1) is 22.8. The molecule has 1 aromatic heterocycles. The lowest BCUT2D eigenvalue weighted by Crippen LogP contribution is -2.16. The molecule has 8 heteroatoms. The molecule has 0 N–H and O–H groups in total. The number of rotatable bonds is 6. The molecule has 6 rings (SSSR count). The van der Waals surface area contributed by atoms with Crippen LogP contribution in [0.15, 0.2) is 107 Å². The van der Waals surface area contributed by atoms with Gasteiger partial charge in [-0.2, -0.15) is 0 Å². The minimum absolute atomic E-state index is 0.0284. The highest BCUT2D eigenvalue weighted by atomic mass is 32.1. The summed E-state index contributed by atoms with van der Waals surface area (Å²) >= 11 is 1.45. The van der Waals surface area contributed by atoms with E-state index in [1.54, 1.807) is 18.2 Å². The monoisotopic (exact) mass is 507 g/mol. The van der Waals surface area contributed by atoms with Gasteiger partial charge in [0.05, 0.1) is 17.2 Å². The van der Waals surface area contributed by atoms with Crippen molar-refractivity contribution in [1.29, 1.82) is 0 Å². The second-order valence-corrected chi connectivity index (χ2v) is 9.31. The Labute approximate surface area is 216 Å². The predicted octanol–water partition coefficient (Wildman–Crippen LogP) is 6.80. The van der Waals surface area contributed by atoms with E-state index in [9.17, 15) is 10.1 Å². The Hall–Kier alpha value is -4.69. The van der Waals surface area contributed by atoms with Crippen LogP contribution >= 0.6 is 11.3 Å². The molecule has 37 heavy (non-hydrogen) atoms. The van der Waals surface area contributed by atoms with Crippen molar-refractivity contribution in [3.63, 3.8) is 0 Å². The molecule has 1 aliphatic rings. The van der Waals surface area contributed by atoms with Gasteiger partial charge < -0.3 is 14.0 Å². The maximum atomic E-state index is 11.6. The third-order valence-electron chi connectivity index (χ3n) is 6.16. The molecule has 0 aliphatic carbocycles. The number of para-hydroxylation sites is 2. The Bertz CT molecular complexity index is 1660. The zero-order valence-electron chi connectivity index (χ0n) is 19.6. The molecule has 0 bridgehead atoms. The van der Waals surface area contributed by atoms with Gasteiger partial charge in [-0.15, -0.1) is 11.3 Å². The van der Waals surface area contributed by atoms with Gasteiger partial charge in [0.1, 0.15) is 5.69 Å². The molecule has 0 fully saturated rings. The van der Waals surface area contributed by atoms with Crippen molar-refractivity contribution in [2.75, 3.05) is 6.79 Å². The lowest BCUT2D eigenvalue weighted by molar-refractivity contribution is -0.384. The summed E-state index contributed by atoms with van der Waals surface area (Å²) in [6.45, 7) is 0.719. The van der Waals surface area contributed by atoms with Gasteiger partial charge in [-0.25, -0.2) is 4.99 Å². The third kappa shape index (κ3) is 4.62. The second-order valence-electron chi connectivity index (χ2n) is 8.48. The zero-order chi connectivity index (χ0) is 25.2. The van der Waals surface area contributed by atoms with Crippen molar-refractivity contribution >= 4 is 22.7 Å². The minimum atomic E-state index is -0.405. The van der Waals surface area contributed by atoms with Gasteiger partial charge in [0, 0.05) is 11.4 Å². The van der Waals surface area contributed by atoms with E-state index in [0.717, 1.165) is 33.7 Å². The second kappa shape index (κ2) is 9.75. The average molecular weight is 508 g/mol. The molecule has 1 aliphatic heterocycles. The highest BCUT2D eigenvalue weighted by Crippen LogP contribution is 2.33. The Kier molecular flexibility index (Phi) is 6.00. The number of nitrogens with zero attached hydrogens (tertiary/aromatic N) is 3. The number of hydrogen-bond acceptors (Lipinski definition) is 6. The first-order chi connectivity index (χ1) is 18.2. The van der Waals surface area contributed by atoms with Gasteiger partial charge in [0.15, 0.2) is 16.3 Å². The van der Waals surface area contributed by atoms with Crippen LogP contribution < -0.4 is 14.3 Å². The summed E-state index contributed by atoms with van der Waals surface area (Å²) in [6.07, 6.45) is 0. The molecule has 5 aromatic rings. The van der Waals surface area contributed by atoms with Crippen LogP contribution in [0, 0.1) is 10.1 Å². The molecule has 182 valence electrons. The lowest BCUT2D eigenvalue weighted by atomic mass is 10.0. The first-order valence-electron chi connectivity index (χ1n) is 11.7. The fourth-order valence-electron chi connectivity index (χ4n) is 4.30. The molecule has 0 amide bonds. The highest BCUT2D eigenvalue weighted by Gasteiger charge is 2.17. The van der Waals surface area contributed by atoms with Crippen molar-refractivity contribution < 1.29 is 14.4 Å². The van der Waals surface area contributed by atoms with Gasteiger partial charge in [-0.1, -0.05) is 72.8 Å². The molecule has 4 aromatic carbocycles. The van der Waals surface area contributed by atoms with E-state index in [0.29, 0.717) is 22.8 Å². The molecule has 2 heterocycles. The largest absolute Gasteiger partial charge is 0.454 e. The van der Waals surface area contributed by atoms with Gasteiger partial charge in [-0.05, 0) is 40.5 Å². The molecular weight excluding hydrogens is 486 g/mol. The first-order valence-corrected chi connectivity index (χ1v) is 12.5. The fourth-order valence-corrected chi connectivity index (χ4v) is 5.23. The van der Waals surface area contributed by atoms with Crippen molar-refractivity contribution in [2.24, 2.45) is 4.99 Å². The van der Waals surface area contributed by atoms with E-state index in [1.165, 1.54) is 17.4 Å². The van der Waals surface area contributed by atoms with E-state index < -0.39 is 4.92 Å². The van der Waals surface area contributed by atoms with Gasteiger partial charge in [0.2, 0.25) is 6.79 Å².